The summed E-state index contributed by atoms with van der Waals surface area (Å²) < 4.78 is 0. The van der Waals surface area contributed by atoms with Gasteiger partial charge in [-0.1, -0.05) is 0 Å². The molecule has 0 unspecified atom stereocenters. The van der Waals surface area contributed by atoms with Crippen molar-refractivity contribution in [3.05, 3.63) is 0 Å². The van der Waals surface area contributed by atoms with E-state index in [0.29, 0.717) is 0 Å². The number of aliphatic carboxylic acids is 3. The molecule has 1 saturated heterocycles. The van der Waals surface area contributed by atoms with E-state index in [1.807, 2.05) is 0 Å². The average Bonchev–Trinajstić information content (AvgIpc) is 2.47. The second-order valence-corrected chi connectivity index (χ2v) is 3.84. The van der Waals surface area contributed by atoms with Gasteiger partial charge in [0.15, 0.2) is 0 Å². The third kappa shape index (κ3) is 2.93. The van der Waals surface area contributed by atoms with Crippen LogP contribution in [-0.4, -0.2) is 45.8 Å². The summed E-state index contributed by atoms with van der Waals surface area (Å²) in [6, 6.07) is -0.972. The zero-order valence-corrected chi connectivity index (χ0v) is 8.42. The molecule has 1 rings (SSSR count). The molecule has 0 amide bonds. The number of carboxylic acids is 3. The molecule has 1 heterocycles. The third-order valence-electron chi connectivity index (χ3n) is 2.75. The summed E-state index contributed by atoms with van der Waals surface area (Å²) in [7, 11) is 0. The lowest BCUT2D eigenvalue weighted by Gasteiger charge is -2.18. The number of hydrogen-bond acceptors (Lipinski definition) is 4. The van der Waals surface area contributed by atoms with Gasteiger partial charge in [0.2, 0.25) is 0 Å². The molecule has 0 radical (unpaired) electrons. The molecule has 0 aromatic carbocycles. The quantitative estimate of drug-likeness (QED) is 0.489. The van der Waals surface area contributed by atoms with Gasteiger partial charge >= 0.3 is 17.9 Å². The predicted octanol–water partition coefficient (Wildman–Crippen LogP) is -0.775. The highest BCUT2D eigenvalue weighted by Gasteiger charge is 2.41. The third-order valence-corrected chi connectivity index (χ3v) is 2.75. The van der Waals surface area contributed by atoms with Crippen molar-refractivity contribution in [3.63, 3.8) is 0 Å². The minimum Gasteiger partial charge on any atom is -0.481 e. The lowest BCUT2D eigenvalue weighted by atomic mass is 9.85. The minimum absolute atomic E-state index is 0.214. The van der Waals surface area contributed by atoms with E-state index in [1.54, 1.807) is 0 Å². The standard InChI is InChI=1S/C9H13NO6/c11-6(12)1-4-3-10-8(9(15)16)5(4)2-7(13)14/h4-5,8,10H,1-3H2,(H,11,12)(H,13,14)(H,15,16)/t4-,5-,8+/m0/s1. The first-order valence-electron chi connectivity index (χ1n) is 4.81. The first-order chi connectivity index (χ1) is 7.41. The van der Waals surface area contributed by atoms with Crippen LogP contribution in [0.4, 0.5) is 0 Å². The van der Waals surface area contributed by atoms with E-state index in [9.17, 15) is 14.4 Å². The Balaban J connectivity index is 2.74. The van der Waals surface area contributed by atoms with E-state index in [1.165, 1.54) is 0 Å². The number of carbonyl (C=O) groups is 3. The first-order valence-corrected chi connectivity index (χ1v) is 4.81. The Morgan fingerprint density at radius 3 is 2.06 bits per heavy atom. The number of carboxylic acid groups (broad SMARTS) is 3. The van der Waals surface area contributed by atoms with Crippen LogP contribution in [0.25, 0.3) is 0 Å². The topological polar surface area (TPSA) is 124 Å². The van der Waals surface area contributed by atoms with Gasteiger partial charge in [0, 0.05) is 6.42 Å². The second-order valence-electron chi connectivity index (χ2n) is 3.84. The molecule has 7 heteroatoms. The molecule has 1 aliphatic rings. The van der Waals surface area contributed by atoms with Crippen molar-refractivity contribution in [3.8, 4) is 0 Å². The van der Waals surface area contributed by atoms with Crippen molar-refractivity contribution in [2.24, 2.45) is 11.8 Å². The van der Waals surface area contributed by atoms with Crippen molar-refractivity contribution in [1.82, 2.24) is 5.32 Å². The zero-order valence-electron chi connectivity index (χ0n) is 8.42. The van der Waals surface area contributed by atoms with Crippen molar-refractivity contribution < 1.29 is 29.7 Å². The Kier molecular flexibility index (Phi) is 3.83. The SMILES string of the molecule is O=C(O)C[C@H]1CN[C@@H](C(=O)O)[C@H]1CC(=O)O. The molecule has 0 spiro atoms. The van der Waals surface area contributed by atoms with Gasteiger partial charge in [0.05, 0.1) is 6.42 Å². The summed E-state index contributed by atoms with van der Waals surface area (Å²) in [6.07, 6.45) is -0.545. The summed E-state index contributed by atoms with van der Waals surface area (Å²) in [6.45, 7) is 0.223. The van der Waals surface area contributed by atoms with Gasteiger partial charge in [-0.15, -0.1) is 0 Å². The van der Waals surface area contributed by atoms with Crippen LogP contribution in [0, 0.1) is 11.8 Å². The molecule has 1 fully saturated rings. The summed E-state index contributed by atoms with van der Waals surface area (Å²) in [4.78, 5) is 31.9. The molecule has 16 heavy (non-hydrogen) atoms. The Labute approximate surface area is 91.1 Å². The van der Waals surface area contributed by atoms with Crippen LogP contribution in [0.5, 0.6) is 0 Å². The second kappa shape index (κ2) is 4.93. The maximum atomic E-state index is 10.8. The monoisotopic (exact) mass is 231 g/mol. The predicted molar refractivity (Wildman–Crippen MR) is 50.9 cm³/mol. The molecule has 0 saturated carbocycles. The van der Waals surface area contributed by atoms with Gasteiger partial charge in [-0.2, -0.15) is 0 Å². The smallest absolute Gasteiger partial charge is 0.321 e. The van der Waals surface area contributed by atoms with Crippen LogP contribution < -0.4 is 5.32 Å². The molecule has 0 aromatic heterocycles. The normalized spacial score (nSPS) is 28.9. The highest BCUT2D eigenvalue weighted by Crippen LogP contribution is 2.28. The van der Waals surface area contributed by atoms with Gasteiger partial charge in [-0.25, -0.2) is 0 Å². The summed E-state index contributed by atoms with van der Waals surface area (Å²) >= 11 is 0. The highest BCUT2D eigenvalue weighted by molar-refractivity contribution is 5.77. The van der Waals surface area contributed by atoms with E-state index in [-0.39, 0.29) is 19.4 Å². The van der Waals surface area contributed by atoms with Crippen LogP contribution in [0.1, 0.15) is 12.8 Å². The average molecular weight is 231 g/mol. The fraction of sp³-hybridized carbons (Fsp3) is 0.667. The van der Waals surface area contributed by atoms with Crippen molar-refractivity contribution >= 4 is 17.9 Å². The van der Waals surface area contributed by atoms with Crippen molar-refractivity contribution in [1.29, 1.82) is 0 Å². The van der Waals surface area contributed by atoms with Crippen LogP contribution in [0.15, 0.2) is 0 Å². The van der Waals surface area contributed by atoms with E-state index in [0.717, 1.165) is 0 Å². The minimum atomic E-state index is -1.14. The zero-order chi connectivity index (χ0) is 12.3. The first kappa shape index (κ1) is 12.4. The van der Waals surface area contributed by atoms with Crippen LogP contribution in [0.2, 0.25) is 0 Å². The Hall–Kier alpha value is -1.63. The van der Waals surface area contributed by atoms with Crippen molar-refractivity contribution in [2.45, 2.75) is 18.9 Å². The van der Waals surface area contributed by atoms with Gasteiger partial charge in [-0.05, 0) is 18.4 Å². The fourth-order valence-electron chi connectivity index (χ4n) is 2.06. The summed E-state index contributed by atoms with van der Waals surface area (Å²) in [5.41, 5.74) is 0. The highest BCUT2D eigenvalue weighted by atomic mass is 16.4. The van der Waals surface area contributed by atoms with E-state index in [4.69, 9.17) is 15.3 Å². The molecule has 4 N–H and O–H groups in total. The van der Waals surface area contributed by atoms with Gasteiger partial charge in [-0.3, -0.25) is 14.4 Å². The molecule has 0 bridgehead atoms. The van der Waals surface area contributed by atoms with E-state index < -0.39 is 35.8 Å². The maximum absolute atomic E-state index is 10.8. The van der Waals surface area contributed by atoms with E-state index in [2.05, 4.69) is 5.32 Å². The number of rotatable bonds is 5. The lowest BCUT2D eigenvalue weighted by Crippen LogP contribution is -2.36. The molecule has 90 valence electrons. The Morgan fingerprint density at radius 1 is 1.06 bits per heavy atom. The number of nitrogens with one attached hydrogen (secondary N) is 1. The maximum Gasteiger partial charge on any atom is 0.321 e. The van der Waals surface area contributed by atoms with Crippen LogP contribution in [0.3, 0.4) is 0 Å². The Bertz CT molecular complexity index is 315. The molecule has 1 aliphatic heterocycles. The molecular weight excluding hydrogens is 218 g/mol. The molecule has 0 aliphatic carbocycles. The van der Waals surface area contributed by atoms with Crippen LogP contribution >= 0.6 is 0 Å². The van der Waals surface area contributed by atoms with Gasteiger partial charge < -0.3 is 20.6 Å². The van der Waals surface area contributed by atoms with Gasteiger partial charge in [0.25, 0.3) is 0 Å². The van der Waals surface area contributed by atoms with Crippen molar-refractivity contribution in [2.75, 3.05) is 6.54 Å². The molecule has 3 atom stereocenters. The van der Waals surface area contributed by atoms with Gasteiger partial charge in [0.1, 0.15) is 6.04 Å². The Morgan fingerprint density at radius 2 is 1.62 bits per heavy atom. The van der Waals surface area contributed by atoms with Crippen LogP contribution in [-0.2, 0) is 14.4 Å². The molecule has 0 aromatic rings. The van der Waals surface area contributed by atoms with E-state index >= 15 is 0 Å². The summed E-state index contributed by atoms with van der Waals surface area (Å²) in [5.74, 6) is -4.43. The lowest BCUT2D eigenvalue weighted by molar-refractivity contribution is -0.144. The number of hydrogen-bond donors (Lipinski definition) is 4. The summed E-state index contributed by atoms with van der Waals surface area (Å²) in [5, 5.41) is 28.8. The fourth-order valence-corrected chi connectivity index (χ4v) is 2.06. The molecule has 7 nitrogen and oxygen atoms in total. The largest absolute Gasteiger partial charge is 0.481 e. The molecular formula is C9H13NO6.